The molecule has 20 heavy (non-hydrogen) atoms. The summed E-state index contributed by atoms with van der Waals surface area (Å²) in [6.07, 6.45) is 3.11. The Balaban J connectivity index is 1.57. The Kier molecular flexibility index (Phi) is 3.27. The number of carbonyl (C=O) groups excluding carboxylic acids is 1. The van der Waals surface area contributed by atoms with Crippen molar-refractivity contribution in [3.05, 3.63) is 35.2 Å². The van der Waals surface area contributed by atoms with Crippen molar-refractivity contribution in [1.29, 1.82) is 0 Å². The quantitative estimate of drug-likeness (QED) is 0.835. The number of halogens is 1. The Labute approximate surface area is 120 Å². The fourth-order valence-electron chi connectivity index (χ4n) is 1.90. The third kappa shape index (κ3) is 2.44. The van der Waals surface area contributed by atoms with E-state index in [9.17, 15) is 4.79 Å². The molecule has 3 rings (SSSR count). The molecule has 3 heterocycles. The minimum atomic E-state index is -0.148. The second kappa shape index (κ2) is 5.09. The summed E-state index contributed by atoms with van der Waals surface area (Å²) in [5, 5.41) is 7.99. The molecule has 0 aliphatic carbocycles. The summed E-state index contributed by atoms with van der Waals surface area (Å²) >= 11 is 5.96. The van der Waals surface area contributed by atoms with Gasteiger partial charge >= 0.3 is 0 Å². The van der Waals surface area contributed by atoms with E-state index in [0.717, 1.165) is 0 Å². The Hall–Kier alpha value is -2.15. The minimum Gasteiger partial charge on any atom is -0.470 e. The summed E-state index contributed by atoms with van der Waals surface area (Å²) in [6, 6.07) is 3.45. The van der Waals surface area contributed by atoms with Gasteiger partial charge in [0.25, 0.3) is 5.91 Å². The van der Waals surface area contributed by atoms with Crippen LogP contribution in [0.3, 0.4) is 0 Å². The fourth-order valence-corrected chi connectivity index (χ4v) is 2.07. The molecule has 1 saturated heterocycles. The molecule has 0 N–H and O–H groups in total. The molecule has 8 heteroatoms. The number of rotatable bonds is 3. The number of aryl methyl sites for hydroxylation is 1. The summed E-state index contributed by atoms with van der Waals surface area (Å²) in [5.41, 5.74) is 0.335. The van der Waals surface area contributed by atoms with E-state index < -0.39 is 0 Å². The summed E-state index contributed by atoms with van der Waals surface area (Å²) in [6.45, 7) is 0.977. The van der Waals surface area contributed by atoms with Gasteiger partial charge in [-0.2, -0.15) is 0 Å². The number of amides is 1. The average molecular weight is 294 g/mol. The molecule has 0 unspecified atom stereocenters. The van der Waals surface area contributed by atoms with Crippen LogP contribution in [0.5, 0.6) is 5.88 Å². The van der Waals surface area contributed by atoms with Crippen molar-refractivity contribution in [1.82, 2.24) is 24.9 Å². The normalized spacial score (nSPS) is 15.0. The molecule has 0 radical (unpaired) electrons. The van der Waals surface area contributed by atoms with Gasteiger partial charge in [-0.1, -0.05) is 16.8 Å². The number of aromatic nitrogens is 4. The Bertz CT molecular complexity index is 638. The van der Waals surface area contributed by atoms with Crippen molar-refractivity contribution in [3.63, 3.8) is 0 Å². The van der Waals surface area contributed by atoms with E-state index >= 15 is 0 Å². The molecule has 104 valence electrons. The number of carbonyl (C=O) groups is 1. The van der Waals surface area contributed by atoms with Crippen LogP contribution in [-0.4, -0.2) is 50.0 Å². The highest BCUT2D eigenvalue weighted by atomic mass is 35.5. The van der Waals surface area contributed by atoms with Crippen molar-refractivity contribution in [2.45, 2.75) is 6.10 Å². The lowest BCUT2D eigenvalue weighted by Gasteiger charge is -2.38. The van der Waals surface area contributed by atoms with E-state index in [-0.39, 0.29) is 12.0 Å². The lowest BCUT2D eigenvalue weighted by molar-refractivity contribution is 0.0156. The van der Waals surface area contributed by atoms with Gasteiger partial charge in [-0.05, 0) is 12.1 Å². The molecule has 0 aromatic carbocycles. The van der Waals surface area contributed by atoms with Crippen molar-refractivity contribution < 1.29 is 9.53 Å². The predicted octanol–water partition coefficient (Wildman–Crippen LogP) is 0.767. The van der Waals surface area contributed by atoms with Crippen LogP contribution in [0.25, 0.3) is 0 Å². The zero-order chi connectivity index (χ0) is 14.1. The van der Waals surface area contributed by atoms with E-state index in [0.29, 0.717) is 29.7 Å². The second-order valence-electron chi connectivity index (χ2n) is 4.52. The second-order valence-corrected chi connectivity index (χ2v) is 4.93. The first-order chi connectivity index (χ1) is 9.63. The molecule has 0 atom stereocenters. The van der Waals surface area contributed by atoms with Gasteiger partial charge in [-0.3, -0.25) is 9.48 Å². The number of hydrogen-bond acceptors (Lipinski definition) is 5. The van der Waals surface area contributed by atoms with Crippen LogP contribution in [-0.2, 0) is 7.05 Å². The number of pyridine rings is 1. The Morgan fingerprint density at radius 2 is 2.30 bits per heavy atom. The van der Waals surface area contributed by atoms with Crippen LogP contribution in [0.4, 0.5) is 0 Å². The van der Waals surface area contributed by atoms with Gasteiger partial charge in [0.15, 0.2) is 5.69 Å². The molecular formula is C12H12ClN5O2. The standard InChI is InChI=1S/C12H12ClN5O2/c1-17-7-10(15-16-17)12(19)18-5-8(6-18)20-11-9(13)3-2-4-14-11/h2-4,7-8H,5-6H2,1H3. The highest BCUT2D eigenvalue weighted by molar-refractivity contribution is 6.31. The van der Waals surface area contributed by atoms with Crippen LogP contribution in [0.15, 0.2) is 24.5 Å². The molecule has 0 spiro atoms. The lowest BCUT2D eigenvalue weighted by Crippen LogP contribution is -2.56. The third-order valence-electron chi connectivity index (χ3n) is 2.96. The topological polar surface area (TPSA) is 73.1 Å². The highest BCUT2D eigenvalue weighted by Crippen LogP contribution is 2.24. The molecule has 1 aliphatic rings. The minimum absolute atomic E-state index is 0.0944. The first-order valence-corrected chi connectivity index (χ1v) is 6.44. The predicted molar refractivity (Wildman–Crippen MR) is 70.6 cm³/mol. The summed E-state index contributed by atoms with van der Waals surface area (Å²) in [5.74, 6) is 0.246. The van der Waals surface area contributed by atoms with Crippen LogP contribution < -0.4 is 4.74 Å². The largest absolute Gasteiger partial charge is 0.470 e. The van der Waals surface area contributed by atoms with Gasteiger partial charge in [0.05, 0.1) is 19.3 Å². The maximum absolute atomic E-state index is 12.0. The molecule has 0 saturated carbocycles. The fraction of sp³-hybridized carbons (Fsp3) is 0.333. The van der Waals surface area contributed by atoms with E-state index in [1.807, 2.05) is 0 Å². The van der Waals surface area contributed by atoms with Crippen molar-refractivity contribution in [3.8, 4) is 5.88 Å². The van der Waals surface area contributed by atoms with E-state index in [1.165, 1.54) is 4.68 Å². The van der Waals surface area contributed by atoms with Gasteiger partial charge in [0, 0.05) is 13.2 Å². The van der Waals surface area contributed by atoms with Gasteiger partial charge in [0.1, 0.15) is 11.1 Å². The molecule has 7 nitrogen and oxygen atoms in total. The first-order valence-electron chi connectivity index (χ1n) is 6.06. The molecule has 2 aromatic rings. The maximum Gasteiger partial charge on any atom is 0.276 e. The zero-order valence-electron chi connectivity index (χ0n) is 10.7. The smallest absolute Gasteiger partial charge is 0.276 e. The molecule has 2 aromatic heterocycles. The highest BCUT2D eigenvalue weighted by Gasteiger charge is 2.34. The van der Waals surface area contributed by atoms with Gasteiger partial charge in [-0.15, -0.1) is 5.10 Å². The number of nitrogens with zero attached hydrogens (tertiary/aromatic N) is 5. The van der Waals surface area contributed by atoms with Gasteiger partial charge in [-0.25, -0.2) is 4.98 Å². The third-order valence-corrected chi connectivity index (χ3v) is 3.25. The molecular weight excluding hydrogens is 282 g/mol. The number of ether oxygens (including phenoxy) is 1. The van der Waals surface area contributed by atoms with Crippen LogP contribution >= 0.6 is 11.6 Å². The summed E-state index contributed by atoms with van der Waals surface area (Å²) in [4.78, 5) is 17.7. The number of likely N-dealkylation sites (tertiary alicyclic amines) is 1. The number of hydrogen-bond donors (Lipinski definition) is 0. The van der Waals surface area contributed by atoms with Crippen molar-refractivity contribution in [2.75, 3.05) is 13.1 Å². The lowest BCUT2D eigenvalue weighted by atomic mass is 10.1. The maximum atomic E-state index is 12.0. The SMILES string of the molecule is Cn1cc(C(=O)N2CC(Oc3ncccc3Cl)C2)nn1. The van der Waals surface area contributed by atoms with E-state index in [1.54, 1.807) is 36.5 Å². The van der Waals surface area contributed by atoms with Crippen molar-refractivity contribution >= 4 is 17.5 Å². The van der Waals surface area contributed by atoms with Crippen molar-refractivity contribution in [2.24, 2.45) is 7.05 Å². The summed E-state index contributed by atoms with van der Waals surface area (Å²) < 4.78 is 7.12. The summed E-state index contributed by atoms with van der Waals surface area (Å²) in [7, 11) is 1.72. The average Bonchev–Trinajstić information content (AvgIpc) is 2.81. The van der Waals surface area contributed by atoms with E-state index in [4.69, 9.17) is 16.3 Å². The van der Waals surface area contributed by atoms with E-state index in [2.05, 4.69) is 15.3 Å². The monoisotopic (exact) mass is 293 g/mol. The van der Waals surface area contributed by atoms with Crippen LogP contribution in [0, 0.1) is 0 Å². The Morgan fingerprint density at radius 1 is 1.50 bits per heavy atom. The molecule has 1 fully saturated rings. The molecule has 1 amide bonds. The first kappa shape index (κ1) is 12.9. The molecule has 0 bridgehead atoms. The Morgan fingerprint density at radius 3 is 2.95 bits per heavy atom. The van der Waals surface area contributed by atoms with Gasteiger partial charge < -0.3 is 9.64 Å². The van der Waals surface area contributed by atoms with Gasteiger partial charge in [0.2, 0.25) is 5.88 Å². The van der Waals surface area contributed by atoms with Crippen LogP contribution in [0.2, 0.25) is 5.02 Å². The van der Waals surface area contributed by atoms with Crippen LogP contribution in [0.1, 0.15) is 10.5 Å². The molecule has 1 aliphatic heterocycles. The zero-order valence-corrected chi connectivity index (χ0v) is 11.5.